The minimum Gasteiger partial charge on any atom is -0.393 e. The summed E-state index contributed by atoms with van der Waals surface area (Å²) in [6, 6.07) is 0. The van der Waals surface area contributed by atoms with Crippen molar-refractivity contribution in [2.24, 2.45) is 34.5 Å². The molecule has 22 heavy (non-hydrogen) atoms. The van der Waals surface area contributed by atoms with E-state index in [2.05, 4.69) is 6.92 Å². The molecule has 2 spiro atoms. The van der Waals surface area contributed by atoms with Crippen molar-refractivity contribution >= 4 is 5.78 Å². The first-order valence-electron chi connectivity index (χ1n) is 9.41. The zero-order chi connectivity index (χ0) is 14.9. The van der Waals surface area contributed by atoms with Crippen molar-refractivity contribution in [3.63, 3.8) is 0 Å². The number of aliphatic hydroxyl groups excluding tert-OH is 1. The van der Waals surface area contributed by atoms with Crippen molar-refractivity contribution < 1.29 is 14.6 Å². The molecule has 0 aromatic carbocycles. The van der Waals surface area contributed by atoms with E-state index in [0.29, 0.717) is 17.1 Å². The van der Waals surface area contributed by atoms with E-state index in [9.17, 15) is 9.90 Å². The molecule has 1 aliphatic heterocycles. The van der Waals surface area contributed by atoms with Crippen LogP contribution in [-0.2, 0) is 9.53 Å². The summed E-state index contributed by atoms with van der Waals surface area (Å²) in [6.07, 6.45) is 8.91. The summed E-state index contributed by atoms with van der Waals surface area (Å²) in [4.78, 5) is 12.0. The minimum absolute atomic E-state index is 0.0392. The molecule has 5 saturated carbocycles. The molecule has 5 aliphatic carbocycles. The van der Waals surface area contributed by atoms with Crippen molar-refractivity contribution in [2.75, 3.05) is 0 Å². The number of hydrogen-bond donors (Lipinski definition) is 1. The molecule has 6 rings (SSSR count). The highest BCUT2D eigenvalue weighted by Crippen LogP contribution is 2.82. The van der Waals surface area contributed by atoms with Gasteiger partial charge in [0, 0.05) is 6.42 Å². The largest absolute Gasteiger partial charge is 0.393 e. The van der Waals surface area contributed by atoms with Crippen LogP contribution in [0.2, 0.25) is 0 Å². The Hall–Kier alpha value is -0.410. The molecule has 6 fully saturated rings. The number of carbonyl (C=O) groups is 1. The van der Waals surface area contributed by atoms with Crippen LogP contribution in [0.1, 0.15) is 58.3 Å². The Morgan fingerprint density at radius 1 is 1.18 bits per heavy atom. The lowest BCUT2D eigenvalue weighted by atomic mass is 9.48. The molecule has 0 aromatic heterocycles. The fourth-order valence-corrected chi connectivity index (χ4v) is 8.27. The summed E-state index contributed by atoms with van der Waals surface area (Å²) in [7, 11) is 0. The standard InChI is InChI=1S/C19H26O3/c1-17-6-4-11-12(18(17)9-10(18)8-15(17)21)5-7-19-13(11)2-3-14(20)16(19)22-19/h10-13,15-16,21H,2-9H2,1H3/t10-,11+,12-,13-,15+,16?,17-,18+,19?/m1/s1. The normalized spacial score (nSPS) is 67.5. The minimum atomic E-state index is -0.0686. The van der Waals surface area contributed by atoms with Crippen molar-refractivity contribution in [1.29, 1.82) is 0 Å². The Kier molecular flexibility index (Phi) is 2.05. The molecule has 0 amide bonds. The van der Waals surface area contributed by atoms with E-state index < -0.39 is 0 Å². The molecule has 0 radical (unpaired) electrons. The fourth-order valence-electron chi connectivity index (χ4n) is 8.27. The summed E-state index contributed by atoms with van der Waals surface area (Å²) in [6.45, 7) is 2.38. The van der Waals surface area contributed by atoms with Gasteiger partial charge in [-0.2, -0.15) is 0 Å². The molecule has 120 valence electrons. The van der Waals surface area contributed by atoms with Crippen LogP contribution in [0.4, 0.5) is 0 Å². The van der Waals surface area contributed by atoms with Gasteiger partial charge in [-0.3, -0.25) is 4.79 Å². The van der Waals surface area contributed by atoms with E-state index in [-0.39, 0.29) is 23.2 Å². The van der Waals surface area contributed by atoms with Gasteiger partial charge >= 0.3 is 0 Å². The number of aliphatic hydroxyl groups is 1. The van der Waals surface area contributed by atoms with Crippen LogP contribution in [0, 0.1) is 34.5 Å². The molecular weight excluding hydrogens is 276 g/mol. The maximum Gasteiger partial charge on any atom is 0.164 e. The van der Waals surface area contributed by atoms with Gasteiger partial charge in [0.25, 0.3) is 0 Å². The Morgan fingerprint density at radius 2 is 2.05 bits per heavy atom. The fraction of sp³-hybridized carbons (Fsp3) is 0.947. The van der Waals surface area contributed by atoms with Gasteiger partial charge in [0.2, 0.25) is 0 Å². The van der Waals surface area contributed by atoms with Gasteiger partial charge in [0.1, 0.15) is 11.7 Å². The maximum atomic E-state index is 12.0. The van der Waals surface area contributed by atoms with Gasteiger partial charge in [0.15, 0.2) is 5.78 Å². The van der Waals surface area contributed by atoms with E-state index >= 15 is 0 Å². The highest BCUT2D eigenvalue weighted by atomic mass is 16.6. The molecule has 9 atom stereocenters. The molecular formula is C19H26O3. The SMILES string of the molecule is C[C@]12CC[C@@H]3[C@H]4CCC(=O)C5OC54CC[C@H]3[C@@]13C[C@H]3C[C@@H]2O. The van der Waals surface area contributed by atoms with E-state index in [1.165, 1.54) is 25.7 Å². The van der Waals surface area contributed by atoms with Gasteiger partial charge in [-0.15, -0.1) is 0 Å². The van der Waals surface area contributed by atoms with Crippen molar-refractivity contribution in [1.82, 2.24) is 0 Å². The topological polar surface area (TPSA) is 49.8 Å². The van der Waals surface area contributed by atoms with Crippen molar-refractivity contribution in [3.05, 3.63) is 0 Å². The summed E-state index contributed by atoms with van der Waals surface area (Å²) in [5.74, 6) is 3.34. The predicted octanol–water partition coefficient (Wildman–Crippen LogP) is 2.70. The lowest BCUT2D eigenvalue weighted by Gasteiger charge is -2.56. The number of rotatable bonds is 0. The predicted molar refractivity (Wildman–Crippen MR) is 80.1 cm³/mol. The van der Waals surface area contributed by atoms with Gasteiger partial charge in [-0.1, -0.05) is 6.92 Å². The monoisotopic (exact) mass is 302 g/mol. The molecule has 6 aliphatic rings. The van der Waals surface area contributed by atoms with Crippen LogP contribution < -0.4 is 0 Å². The van der Waals surface area contributed by atoms with Gasteiger partial charge in [-0.05, 0) is 79.4 Å². The highest BCUT2D eigenvalue weighted by molar-refractivity contribution is 5.88. The molecule has 2 unspecified atom stereocenters. The lowest BCUT2D eigenvalue weighted by Crippen LogP contribution is -2.54. The molecule has 1 saturated heterocycles. The highest BCUT2D eigenvalue weighted by Gasteiger charge is 2.80. The Morgan fingerprint density at radius 3 is 2.91 bits per heavy atom. The first-order chi connectivity index (χ1) is 10.5. The first-order valence-corrected chi connectivity index (χ1v) is 9.41. The number of fused-ring (bicyclic) bond motifs is 2. The van der Waals surface area contributed by atoms with Gasteiger partial charge < -0.3 is 9.84 Å². The molecule has 1 heterocycles. The number of hydrogen-bond acceptors (Lipinski definition) is 3. The second kappa shape index (κ2) is 3.49. The van der Waals surface area contributed by atoms with Gasteiger partial charge in [-0.25, -0.2) is 0 Å². The van der Waals surface area contributed by atoms with Gasteiger partial charge in [0.05, 0.1) is 6.10 Å². The second-order valence-electron chi connectivity index (χ2n) is 9.52. The summed E-state index contributed by atoms with van der Waals surface area (Å²) >= 11 is 0. The Bertz CT molecular complexity index is 587. The maximum absolute atomic E-state index is 12.0. The van der Waals surface area contributed by atoms with Crippen LogP contribution in [0.25, 0.3) is 0 Å². The average molecular weight is 302 g/mol. The molecule has 0 aromatic rings. The van der Waals surface area contributed by atoms with Crippen LogP contribution >= 0.6 is 0 Å². The molecule has 0 bridgehead atoms. The number of ether oxygens (including phenoxy) is 1. The zero-order valence-electron chi connectivity index (χ0n) is 13.4. The van der Waals surface area contributed by atoms with Crippen LogP contribution in [0.15, 0.2) is 0 Å². The Labute approximate surface area is 131 Å². The number of carbonyl (C=O) groups excluding carboxylic acids is 1. The van der Waals surface area contributed by atoms with E-state index in [4.69, 9.17) is 4.74 Å². The summed E-state index contributed by atoms with van der Waals surface area (Å²) < 4.78 is 6.04. The summed E-state index contributed by atoms with van der Waals surface area (Å²) in [5.41, 5.74) is 0.586. The van der Waals surface area contributed by atoms with E-state index in [0.717, 1.165) is 43.4 Å². The second-order valence-corrected chi connectivity index (χ2v) is 9.52. The van der Waals surface area contributed by atoms with Crippen LogP contribution in [0.3, 0.4) is 0 Å². The smallest absolute Gasteiger partial charge is 0.164 e. The average Bonchev–Trinajstić information content (AvgIpc) is 3.37. The number of ketones is 1. The lowest BCUT2D eigenvalue weighted by molar-refractivity contribution is -0.125. The third kappa shape index (κ3) is 1.12. The molecule has 3 nitrogen and oxygen atoms in total. The summed E-state index contributed by atoms with van der Waals surface area (Å²) in [5, 5.41) is 10.6. The first kappa shape index (κ1) is 12.9. The van der Waals surface area contributed by atoms with Crippen LogP contribution in [-0.4, -0.2) is 28.7 Å². The third-order valence-corrected chi connectivity index (χ3v) is 9.34. The quantitative estimate of drug-likeness (QED) is 0.700. The van der Waals surface area contributed by atoms with E-state index in [1.54, 1.807) is 0 Å². The number of Topliss-reactive ketones (excluding diaryl/α,β-unsaturated/α-hetero) is 1. The third-order valence-electron chi connectivity index (χ3n) is 9.34. The number of epoxide rings is 1. The molecule has 1 N–H and O–H groups in total. The van der Waals surface area contributed by atoms with Crippen molar-refractivity contribution in [3.8, 4) is 0 Å². The van der Waals surface area contributed by atoms with E-state index in [1.807, 2.05) is 0 Å². The molecule has 3 heteroatoms. The Balaban J connectivity index is 1.39. The van der Waals surface area contributed by atoms with Crippen molar-refractivity contribution in [2.45, 2.75) is 76.1 Å². The van der Waals surface area contributed by atoms with Crippen LogP contribution in [0.5, 0.6) is 0 Å². The zero-order valence-corrected chi connectivity index (χ0v) is 13.4.